The van der Waals surface area contributed by atoms with Crippen LogP contribution in [-0.2, 0) is 4.74 Å². The predicted octanol–water partition coefficient (Wildman–Crippen LogP) is 2.05. The van der Waals surface area contributed by atoms with Crippen molar-refractivity contribution < 1.29 is 4.74 Å². The summed E-state index contributed by atoms with van der Waals surface area (Å²) in [5.41, 5.74) is 6.21. The number of hydrogen-bond donors (Lipinski definition) is 2. The Hall–Kier alpha value is -1.63. The maximum atomic E-state index is 5.90. The largest absolute Gasteiger partial charge is 0.478 e. The van der Waals surface area contributed by atoms with Gasteiger partial charge in [0.1, 0.15) is 12.6 Å². The van der Waals surface area contributed by atoms with Crippen LogP contribution in [0.25, 0.3) is 0 Å². The molecule has 1 unspecified atom stereocenters. The van der Waals surface area contributed by atoms with Gasteiger partial charge in [0.05, 0.1) is 0 Å². The Bertz CT molecular complexity index is 426. The second kappa shape index (κ2) is 6.85. The Morgan fingerprint density at radius 1 is 1.65 bits per heavy atom. The van der Waals surface area contributed by atoms with Crippen LogP contribution in [0.2, 0.25) is 5.02 Å². The summed E-state index contributed by atoms with van der Waals surface area (Å²) in [5, 5.41) is 3.62. The summed E-state index contributed by atoms with van der Waals surface area (Å²) in [6, 6.07) is 7.00. The zero-order chi connectivity index (χ0) is 12.7. The molecular formula is C13H15ClN2O. The Labute approximate surface area is 107 Å². The van der Waals surface area contributed by atoms with Crippen molar-refractivity contribution in [3.63, 3.8) is 0 Å². The van der Waals surface area contributed by atoms with Crippen molar-refractivity contribution in [2.45, 2.75) is 6.04 Å². The standard InChI is InChI=1S/C13H15ClN2O/c1-3-13(16-10(2)17-8-7-15)11-5-4-6-12(14)9-11/h1,4-6,9,13,16H,2,7-8,15H2. The zero-order valence-electron chi connectivity index (χ0n) is 9.45. The molecule has 1 atom stereocenters. The van der Waals surface area contributed by atoms with Crippen LogP contribution >= 0.6 is 11.6 Å². The molecule has 0 spiro atoms. The second-order valence-electron chi connectivity index (χ2n) is 3.36. The van der Waals surface area contributed by atoms with Gasteiger partial charge in [-0.1, -0.05) is 29.7 Å². The molecule has 0 amide bonds. The average molecular weight is 251 g/mol. The van der Waals surface area contributed by atoms with Crippen LogP contribution in [0.1, 0.15) is 11.6 Å². The quantitative estimate of drug-likeness (QED) is 0.600. The van der Waals surface area contributed by atoms with E-state index in [1.54, 1.807) is 12.1 Å². The molecule has 0 aromatic heterocycles. The maximum Gasteiger partial charge on any atom is 0.180 e. The van der Waals surface area contributed by atoms with Gasteiger partial charge in [-0.25, -0.2) is 0 Å². The van der Waals surface area contributed by atoms with Gasteiger partial charge in [-0.15, -0.1) is 6.42 Å². The van der Waals surface area contributed by atoms with Crippen LogP contribution in [0.15, 0.2) is 36.7 Å². The van der Waals surface area contributed by atoms with Crippen molar-refractivity contribution in [2.24, 2.45) is 5.73 Å². The van der Waals surface area contributed by atoms with Crippen molar-refractivity contribution >= 4 is 11.6 Å². The van der Waals surface area contributed by atoms with Gasteiger partial charge in [0.25, 0.3) is 0 Å². The Morgan fingerprint density at radius 3 is 3.00 bits per heavy atom. The number of hydrogen-bond acceptors (Lipinski definition) is 3. The van der Waals surface area contributed by atoms with E-state index in [9.17, 15) is 0 Å². The fraction of sp³-hybridized carbons (Fsp3) is 0.231. The Morgan fingerprint density at radius 2 is 2.41 bits per heavy atom. The topological polar surface area (TPSA) is 47.3 Å². The van der Waals surface area contributed by atoms with Gasteiger partial charge in [-0.05, 0) is 24.3 Å². The van der Waals surface area contributed by atoms with Crippen molar-refractivity contribution in [3.05, 3.63) is 47.3 Å². The lowest BCUT2D eigenvalue weighted by molar-refractivity contribution is 0.197. The molecule has 1 rings (SSSR count). The van der Waals surface area contributed by atoms with E-state index in [4.69, 9.17) is 28.5 Å². The van der Waals surface area contributed by atoms with Gasteiger partial charge in [0.15, 0.2) is 5.88 Å². The first-order valence-electron chi connectivity index (χ1n) is 5.17. The minimum atomic E-state index is -0.320. The monoisotopic (exact) mass is 250 g/mol. The molecular weight excluding hydrogens is 236 g/mol. The summed E-state index contributed by atoms with van der Waals surface area (Å²) >= 11 is 5.90. The number of nitrogens with two attached hydrogens (primary N) is 1. The molecule has 0 aliphatic carbocycles. The van der Waals surface area contributed by atoms with Crippen molar-refractivity contribution in [3.8, 4) is 12.3 Å². The normalized spacial score (nSPS) is 11.4. The summed E-state index contributed by atoms with van der Waals surface area (Å²) < 4.78 is 5.22. The number of terminal acetylenes is 1. The van der Waals surface area contributed by atoms with Gasteiger partial charge < -0.3 is 15.8 Å². The van der Waals surface area contributed by atoms with Crippen molar-refractivity contribution in [2.75, 3.05) is 13.2 Å². The molecule has 0 bridgehead atoms. The third-order valence-corrected chi connectivity index (χ3v) is 2.28. The lowest BCUT2D eigenvalue weighted by Gasteiger charge is -2.17. The van der Waals surface area contributed by atoms with Crippen LogP contribution in [0.4, 0.5) is 0 Å². The fourth-order valence-corrected chi connectivity index (χ4v) is 1.49. The van der Waals surface area contributed by atoms with E-state index < -0.39 is 0 Å². The lowest BCUT2D eigenvalue weighted by atomic mass is 10.1. The predicted molar refractivity (Wildman–Crippen MR) is 70.3 cm³/mol. The van der Waals surface area contributed by atoms with Gasteiger partial charge in [-0.3, -0.25) is 0 Å². The van der Waals surface area contributed by atoms with Gasteiger partial charge >= 0.3 is 0 Å². The Balaban J connectivity index is 2.67. The lowest BCUT2D eigenvalue weighted by Crippen LogP contribution is -2.22. The number of ether oxygens (including phenoxy) is 1. The van der Waals surface area contributed by atoms with E-state index in [0.29, 0.717) is 24.1 Å². The van der Waals surface area contributed by atoms with E-state index in [0.717, 1.165) is 5.56 Å². The minimum Gasteiger partial charge on any atom is -0.478 e. The fourth-order valence-electron chi connectivity index (χ4n) is 1.29. The molecule has 0 heterocycles. The maximum absolute atomic E-state index is 5.90. The highest BCUT2D eigenvalue weighted by Gasteiger charge is 2.09. The van der Waals surface area contributed by atoms with Crippen LogP contribution in [0, 0.1) is 12.3 Å². The van der Waals surface area contributed by atoms with Crippen LogP contribution in [0.5, 0.6) is 0 Å². The summed E-state index contributed by atoms with van der Waals surface area (Å²) in [6.07, 6.45) is 5.45. The highest BCUT2D eigenvalue weighted by Crippen LogP contribution is 2.18. The second-order valence-corrected chi connectivity index (χ2v) is 3.80. The highest BCUT2D eigenvalue weighted by atomic mass is 35.5. The van der Waals surface area contributed by atoms with Crippen LogP contribution in [-0.4, -0.2) is 13.2 Å². The van der Waals surface area contributed by atoms with Gasteiger partial charge in [-0.2, -0.15) is 0 Å². The molecule has 4 heteroatoms. The van der Waals surface area contributed by atoms with Gasteiger partial charge in [0, 0.05) is 11.6 Å². The third kappa shape index (κ3) is 4.39. The molecule has 0 radical (unpaired) electrons. The van der Waals surface area contributed by atoms with Crippen molar-refractivity contribution in [1.82, 2.24) is 5.32 Å². The summed E-state index contributed by atoms with van der Waals surface area (Å²) in [7, 11) is 0. The van der Waals surface area contributed by atoms with Crippen molar-refractivity contribution in [1.29, 1.82) is 0 Å². The number of halogens is 1. The summed E-state index contributed by atoms with van der Waals surface area (Å²) in [5.74, 6) is 3.01. The number of nitrogens with one attached hydrogen (secondary N) is 1. The Kier molecular flexibility index (Phi) is 5.41. The molecule has 0 aliphatic rings. The van der Waals surface area contributed by atoms with E-state index in [-0.39, 0.29) is 6.04 Å². The van der Waals surface area contributed by atoms with E-state index in [1.807, 2.05) is 12.1 Å². The molecule has 0 fully saturated rings. The first-order valence-corrected chi connectivity index (χ1v) is 5.55. The first kappa shape index (κ1) is 13.4. The molecule has 17 heavy (non-hydrogen) atoms. The SMILES string of the molecule is C#CC(NC(=C)OCCN)c1cccc(Cl)c1. The third-order valence-electron chi connectivity index (χ3n) is 2.05. The molecule has 1 aromatic rings. The number of rotatable bonds is 6. The average Bonchev–Trinajstić information content (AvgIpc) is 2.33. The first-order chi connectivity index (χ1) is 8.17. The van der Waals surface area contributed by atoms with E-state index in [1.165, 1.54) is 0 Å². The zero-order valence-corrected chi connectivity index (χ0v) is 10.2. The van der Waals surface area contributed by atoms with Gasteiger partial charge in [0.2, 0.25) is 0 Å². The molecule has 1 aromatic carbocycles. The van der Waals surface area contributed by atoms with E-state index >= 15 is 0 Å². The minimum absolute atomic E-state index is 0.320. The highest BCUT2D eigenvalue weighted by molar-refractivity contribution is 6.30. The summed E-state index contributed by atoms with van der Waals surface area (Å²) in [4.78, 5) is 0. The molecule has 0 aliphatic heterocycles. The number of benzene rings is 1. The smallest absolute Gasteiger partial charge is 0.180 e. The molecule has 0 saturated heterocycles. The molecule has 3 nitrogen and oxygen atoms in total. The van der Waals surface area contributed by atoms with Crippen LogP contribution < -0.4 is 11.1 Å². The molecule has 3 N–H and O–H groups in total. The van der Waals surface area contributed by atoms with E-state index in [2.05, 4.69) is 17.8 Å². The molecule has 0 saturated carbocycles. The van der Waals surface area contributed by atoms with Crippen LogP contribution in [0.3, 0.4) is 0 Å². The summed E-state index contributed by atoms with van der Waals surface area (Å²) in [6.45, 7) is 4.54. The molecule has 90 valence electrons.